The summed E-state index contributed by atoms with van der Waals surface area (Å²) in [6.07, 6.45) is 9.64. The minimum Gasteiger partial charge on any atom is -0.396 e. The first kappa shape index (κ1) is 25.7. The second-order valence-corrected chi connectivity index (χ2v) is 11.0. The molecule has 0 radical (unpaired) electrons. The second kappa shape index (κ2) is 9.40. The van der Waals surface area contributed by atoms with Gasteiger partial charge in [-0.3, -0.25) is 14.4 Å². The molecule has 2 saturated heterocycles. The van der Waals surface area contributed by atoms with Crippen LogP contribution in [0.4, 0.5) is 5.69 Å². The van der Waals surface area contributed by atoms with Gasteiger partial charge in [-0.15, -0.1) is 0 Å². The topological polar surface area (TPSA) is 90.4 Å². The van der Waals surface area contributed by atoms with Crippen molar-refractivity contribution in [1.82, 2.24) is 9.80 Å². The number of carbonyl (C=O) groups excluding carboxylic acids is 3. The van der Waals surface area contributed by atoms with Crippen molar-refractivity contribution in [3.8, 4) is 0 Å². The summed E-state index contributed by atoms with van der Waals surface area (Å²) in [5.74, 6) is -2.05. The predicted molar refractivity (Wildman–Crippen MR) is 140 cm³/mol. The lowest BCUT2D eigenvalue weighted by molar-refractivity contribution is -0.148. The fraction of sp³-hybridized carbons (Fsp3) is 0.552. The lowest BCUT2D eigenvalue weighted by Gasteiger charge is -2.38. The number of fused-ring (bicyclic) bond motifs is 2. The molecule has 5 atom stereocenters. The Labute approximate surface area is 218 Å². The molecule has 198 valence electrons. The molecule has 0 aliphatic carbocycles. The number of rotatable bonds is 6. The van der Waals surface area contributed by atoms with Gasteiger partial charge in [-0.2, -0.15) is 0 Å². The van der Waals surface area contributed by atoms with Gasteiger partial charge in [0, 0.05) is 39.0 Å². The van der Waals surface area contributed by atoms with Gasteiger partial charge in [0.15, 0.2) is 0 Å². The van der Waals surface area contributed by atoms with Crippen molar-refractivity contribution in [2.24, 2.45) is 11.8 Å². The van der Waals surface area contributed by atoms with Crippen LogP contribution >= 0.6 is 0 Å². The van der Waals surface area contributed by atoms with E-state index in [1.165, 1.54) is 0 Å². The maximum absolute atomic E-state index is 14.5. The van der Waals surface area contributed by atoms with E-state index in [2.05, 4.69) is 0 Å². The number of hydrogen-bond donors (Lipinski definition) is 1. The minimum absolute atomic E-state index is 0.0860. The van der Waals surface area contributed by atoms with E-state index in [4.69, 9.17) is 4.74 Å². The summed E-state index contributed by atoms with van der Waals surface area (Å²) in [5.41, 5.74) is 0.574. The first-order valence-corrected chi connectivity index (χ1v) is 13.3. The number of hydrogen-bond acceptors (Lipinski definition) is 5. The Kier molecular flexibility index (Phi) is 6.52. The molecule has 37 heavy (non-hydrogen) atoms. The van der Waals surface area contributed by atoms with Crippen molar-refractivity contribution < 1.29 is 24.2 Å². The Bertz CT molecular complexity index is 1160. The van der Waals surface area contributed by atoms with Gasteiger partial charge in [0.05, 0.1) is 17.4 Å². The summed E-state index contributed by atoms with van der Waals surface area (Å²) >= 11 is 0. The number of likely N-dealkylation sites (N-methyl/N-ethyl adjacent to an activating group) is 1. The maximum atomic E-state index is 14.5. The lowest BCUT2D eigenvalue weighted by Crippen LogP contribution is -2.56. The zero-order valence-electron chi connectivity index (χ0n) is 22.1. The maximum Gasteiger partial charge on any atom is 0.253 e. The molecule has 1 unspecified atom stereocenters. The Balaban J connectivity index is 1.63. The SMILES string of the molecule is Cc1cccc(C)c1N1CC=C[C@]23O[C@@]4(C)C=CCN(C)C(=O)[C@H]4[C@H]2C(=O)N(CCCCCO)C3C1=O. The molecule has 4 aliphatic rings. The van der Waals surface area contributed by atoms with E-state index in [-0.39, 0.29) is 24.3 Å². The summed E-state index contributed by atoms with van der Waals surface area (Å²) in [6, 6.07) is 5.06. The van der Waals surface area contributed by atoms with Crippen LogP contribution < -0.4 is 4.90 Å². The summed E-state index contributed by atoms with van der Waals surface area (Å²) in [5, 5.41) is 9.24. The molecule has 1 aromatic carbocycles. The largest absolute Gasteiger partial charge is 0.396 e. The molecular formula is C29H37N3O5. The van der Waals surface area contributed by atoms with Crippen LogP contribution in [0.3, 0.4) is 0 Å². The number of aliphatic hydroxyl groups excluding tert-OH is 1. The van der Waals surface area contributed by atoms with Crippen LogP contribution in [0.2, 0.25) is 0 Å². The second-order valence-electron chi connectivity index (χ2n) is 11.0. The van der Waals surface area contributed by atoms with E-state index in [0.29, 0.717) is 32.5 Å². The Morgan fingerprint density at radius 3 is 2.35 bits per heavy atom. The van der Waals surface area contributed by atoms with Crippen LogP contribution in [0.1, 0.15) is 37.3 Å². The Morgan fingerprint density at radius 1 is 0.946 bits per heavy atom. The molecule has 8 nitrogen and oxygen atoms in total. The van der Waals surface area contributed by atoms with Crippen LogP contribution in [0.15, 0.2) is 42.5 Å². The zero-order chi connectivity index (χ0) is 26.5. The predicted octanol–water partition coefficient (Wildman–Crippen LogP) is 2.37. The molecule has 1 N–H and O–H groups in total. The van der Waals surface area contributed by atoms with Gasteiger partial charge in [-0.05, 0) is 51.2 Å². The highest BCUT2D eigenvalue weighted by atomic mass is 16.5. The van der Waals surface area contributed by atoms with Gasteiger partial charge < -0.3 is 24.5 Å². The highest BCUT2D eigenvalue weighted by Crippen LogP contribution is 2.57. The lowest BCUT2D eigenvalue weighted by atomic mass is 9.74. The molecule has 4 aliphatic heterocycles. The van der Waals surface area contributed by atoms with Gasteiger partial charge in [-0.25, -0.2) is 0 Å². The van der Waals surface area contributed by atoms with Gasteiger partial charge in [0.1, 0.15) is 11.6 Å². The minimum atomic E-state index is -1.24. The number of para-hydroxylation sites is 1. The average molecular weight is 508 g/mol. The molecule has 0 aromatic heterocycles. The molecule has 0 bridgehead atoms. The van der Waals surface area contributed by atoms with Crippen LogP contribution in [0.25, 0.3) is 0 Å². The molecule has 8 heteroatoms. The Hall–Kier alpha value is -2.97. The third-order valence-electron chi connectivity index (χ3n) is 8.52. The monoisotopic (exact) mass is 507 g/mol. The van der Waals surface area contributed by atoms with Crippen LogP contribution in [-0.4, -0.2) is 83.2 Å². The number of amides is 3. The number of ether oxygens (including phenoxy) is 1. The first-order chi connectivity index (χ1) is 17.7. The number of aliphatic hydroxyl groups is 1. The van der Waals surface area contributed by atoms with Crippen molar-refractivity contribution in [2.45, 2.75) is 57.3 Å². The zero-order valence-corrected chi connectivity index (χ0v) is 22.1. The summed E-state index contributed by atoms with van der Waals surface area (Å²) in [6.45, 7) is 7.10. The number of anilines is 1. The van der Waals surface area contributed by atoms with Gasteiger partial charge in [0.2, 0.25) is 11.8 Å². The van der Waals surface area contributed by atoms with E-state index >= 15 is 0 Å². The van der Waals surface area contributed by atoms with Crippen molar-refractivity contribution in [1.29, 1.82) is 0 Å². The van der Waals surface area contributed by atoms with E-state index in [1.807, 2.05) is 63.3 Å². The van der Waals surface area contributed by atoms with E-state index in [9.17, 15) is 19.5 Å². The third-order valence-corrected chi connectivity index (χ3v) is 8.52. The highest BCUT2D eigenvalue weighted by Gasteiger charge is 2.74. The molecule has 1 aromatic rings. The average Bonchev–Trinajstić information content (AvgIpc) is 3.12. The summed E-state index contributed by atoms with van der Waals surface area (Å²) in [7, 11) is 1.74. The molecule has 4 heterocycles. The van der Waals surface area contributed by atoms with Crippen molar-refractivity contribution >= 4 is 23.4 Å². The van der Waals surface area contributed by atoms with Gasteiger partial charge in [0.25, 0.3) is 5.91 Å². The van der Waals surface area contributed by atoms with Crippen molar-refractivity contribution in [3.05, 3.63) is 53.6 Å². The molecular weight excluding hydrogens is 470 g/mol. The van der Waals surface area contributed by atoms with Crippen LogP contribution in [0, 0.1) is 25.7 Å². The number of likely N-dealkylation sites (tertiary alicyclic amines) is 1. The van der Waals surface area contributed by atoms with Gasteiger partial charge >= 0.3 is 0 Å². The Morgan fingerprint density at radius 2 is 1.65 bits per heavy atom. The van der Waals surface area contributed by atoms with Crippen LogP contribution in [0.5, 0.6) is 0 Å². The van der Waals surface area contributed by atoms with E-state index < -0.39 is 29.1 Å². The number of carbonyl (C=O) groups is 3. The summed E-state index contributed by atoms with van der Waals surface area (Å²) < 4.78 is 6.82. The van der Waals surface area contributed by atoms with Gasteiger partial charge in [-0.1, -0.05) is 42.5 Å². The number of aryl methyl sites for hydroxylation is 2. The van der Waals surface area contributed by atoms with E-state index in [0.717, 1.165) is 23.2 Å². The first-order valence-electron chi connectivity index (χ1n) is 13.3. The fourth-order valence-corrected chi connectivity index (χ4v) is 6.89. The highest BCUT2D eigenvalue weighted by molar-refractivity contribution is 6.06. The molecule has 0 saturated carbocycles. The molecule has 3 amide bonds. The normalized spacial score (nSPS) is 32.9. The summed E-state index contributed by atoms with van der Waals surface area (Å²) in [4.78, 5) is 47.4. The fourth-order valence-electron chi connectivity index (χ4n) is 6.89. The number of nitrogens with zero attached hydrogens (tertiary/aromatic N) is 3. The van der Waals surface area contributed by atoms with E-state index in [1.54, 1.807) is 21.7 Å². The van der Waals surface area contributed by atoms with Crippen LogP contribution in [-0.2, 0) is 19.1 Å². The van der Waals surface area contributed by atoms with Crippen molar-refractivity contribution in [2.75, 3.05) is 38.2 Å². The molecule has 1 spiro atoms. The standard InChI is InChI=1S/C29H37N3O5/c1-19-11-8-12-20(2)23(19)31-17-10-14-29-22(21-25(34)30(4)15-9-13-28(21,3)37-29)26(35)32(24(29)27(31)36)16-6-5-7-18-33/h8-14,21-22,24,33H,5-7,15-18H2,1-4H3/t21-,22+,24?,28+,29+/m1/s1. The molecule has 5 rings (SSSR count). The number of benzene rings is 1. The smallest absolute Gasteiger partial charge is 0.253 e. The quantitative estimate of drug-likeness (QED) is 0.472. The third kappa shape index (κ3) is 3.84. The number of unbranched alkanes of at least 4 members (excludes halogenated alkanes) is 2. The molecule has 2 fully saturated rings. The van der Waals surface area contributed by atoms with Crippen molar-refractivity contribution in [3.63, 3.8) is 0 Å².